The summed E-state index contributed by atoms with van der Waals surface area (Å²) in [6, 6.07) is 8.72. The van der Waals surface area contributed by atoms with E-state index < -0.39 is 17.9 Å². The largest absolute Gasteiger partial charge is 0.336 e. The number of nitrogens with one attached hydrogen (secondary N) is 1. The molecule has 1 N–H and O–H groups in total. The number of carbonyl (C=O) groups is 3. The number of imide groups is 1. The van der Waals surface area contributed by atoms with Crippen LogP contribution in [0.4, 0.5) is 0 Å². The number of allylic oxidation sites excluding steroid dienone is 1. The molecule has 1 saturated heterocycles. The Balaban J connectivity index is 2.08. The molecule has 1 aliphatic rings. The molecule has 2 rings (SSSR count). The third-order valence-electron chi connectivity index (χ3n) is 3.38. The molecule has 21 heavy (non-hydrogen) atoms. The number of hydrogen-bond acceptors (Lipinski definition) is 3. The van der Waals surface area contributed by atoms with E-state index >= 15 is 0 Å². The van der Waals surface area contributed by atoms with Crippen LogP contribution in [-0.2, 0) is 20.8 Å². The van der Waals surface area contributed by atoms with Crippen molar-refractivity contribution in [3.8, 4) is 0 Å². The van der Waals surface area contributed by atoms with E-state index in [0.29, 0.717) is 19.3 Å². The van der Waals surface area contributed by atoms with Crippen molar-refractivity contribution in [1.82, 2.24) is 10.2 Å². The summed E-state index contributed by atoms with van der Waals surface area (Å²) < 4.78 is 0. The third-order valence-corrected chi connectivity index (χ3v) is 3.38. The van der Waals surface area contributed by atoms with E-state index in [1.165, 1.54) is 0 Å². The lowest BCUT2D eigenvalue weighted by atomic mass is 10.0. The molecular formula is C16H18N2O3. The average molecular weight is 286 g/mol. The highest BCUT2D eigenvalue weighted by Crippen LogP contribution is 2.11. The predicted molar refractivity (Wildman–Crippen MR) is 78.2 cm³/mol. The molecule has 5 nitrogen and oxygen atoms in total. The maximum Gasteiger partial charge on any atom is 0.318 e. The molecule has 110 valence electrons. The molecule has 1 heterocycles. The van der Waals surface area contributed by atoms with Crippen LogP contribution in [0.15, 0.2) is 43.0 Å². The van der Waals surface area contributed by atoms with Crippen molar-refractivity contribution in [3.05, 3.63) is 48.6 Å². The fraction of sp³-hybridized carbons (Fsp3) is 0.312. The van der Waals surface area contributed by atoms with Gasteiger partial charge in [-0.2, -0.15) is 0 Å². The van der Waals surface area contributed by atoms with Gasteiger partial charge in [-0.15, -0.1) is 6.58 Å². The number of hydrogen-bond donors (Lipinski definition) is 1. The van der Waals surface area contributed by atoms with Gasteiger partial charge in [0.25, 0.3) is 5.91 Å². The topological polar surface area (TPSA) is 66.5 Å². The lowest BCUT2D eigenvalue weighted by Gasteiger charge is -2.30. The first kappa shape index (κ1) is 15.0. The molecule has 0 unspecified atom stereocenters. The van der Waals surface area contributed by atoms with E-state index in [0.717, 1.165) is 10.5 Å². The van der Waals surface area contributed by atoms with Crippen molar-refractivity contribution in [2.24, 2.45) is 0 Å². The van der Waals surface area contributed by atoms with E-state index in [9.17, 15) is 14.4 Å². The van der Waals surface area contributed by atoms with Gasteiger partial charge in [0.2, 0.25) is 0 Å². The number of carbonyl (C=O) groups excluding carboxylic acids is 3. The quantitative estimate of drug-likeness (QED) is 0.368. The van der Waals surface area contributed by atoms with E-state index in [1.54, 1.807) is 6.08 Å². The fourth-order valence-electron chi connectivity index (χ4n) is 2.29. The maximum absolute atomic E-state index is 12.3. The van der Waals surface area contributed by atoms with Crippen molar-refractivity contribution >= 4 is 17.7 Å². The second-order valence-corrected chi connectivity index (χ2v) is 4.94. The summed E-state index contributed by atoms with van der Waals surface area (Å²) in [5, 5.41) is 2.48. The summed E-state index contributed by atoms with van der Waals surface area (Å²) in [5.41, 5.74) is 0.941. The highest BCUT2D eigenvalue weighted by Gasteiger charge is 2.38. The van der Waals surface area contributed by atoms with Gasteiger partial charge >= 0.3 is 11.8 Å². The molecule has 0 bridgehead atoms. The third kappa shape index (κ3) is 3.56. The second kappa shape index (κ2) is 6.83. The lowest BCUT2D eigenvalue weighted by molar-refractivity contribution is -0.158. The summed E-state index contributed by atoms with van der Waals surface area (Å²) in [6.07, 6.45) is 3.42. The van der Waals surface area contributed by atoms with Crippen LogP contribution in [0.5, 0.6) is 0 Å². The number of nitrogens with zero attached hydrogens (tertiary/aromatic N) is 1. The van der Waals surface area contributed by atoms with Gasteiger partial charge in [-0.25, -0.2) is 0 Å². The first-order valence-corrected chi connectivity index (χ1v) is 6.94. The van der Waals surface area contributed by atoms with Gasteiger partial charge in [-0.3, -0.25) is 19.3 Å². The maximum atomic E-state index is 12.3. The molecule has 5 heteroatoms. The van der Waals surface area contributed by atoms with Crippen LogP contribution in [0.2, 0.25) is 0 Å². The summed E-state index contributed by atoms with van der Waals surface area (Å²) in [7, 11) is 0. The minimum atomic E-state index is -0.770. The zero-order valence-corrected chi connectivity index (χ0v) is 11.7. The van der Waals surface area contributed by atoms with Gasteiger partial charge in [-0.05, 0) is 18.4 Å². The minimum absolute atomic E-state index is 0.252. The van der Waals surface area contributed by atoms with E-state index in [2.05, 4.69) is 11.9 Å². The summed E-state index contributed by atoms with van der Waals surface area (Å²) in [6.45, 7) is 3.85. The van der Waals surface area contributed by atoms with Gasteiger partial charge in [0.15, 0.2) is 0 Å². The normalized spacial score (nSPS) is 18.6. The van der Waals surface area contributed by atoms with E-state index in [1.807, 2.05) is 30.3 Å². The van der Waals surface area contributed by atoms with Crippen LogP contribution in [-0.4, -0.2) is 35.2 Å². The lowest BCUT2D eigenvalue weighted by Crippen LogP contribution is -2.61. The second-order valence-electron chi connectivity index (χ2n) is 4.94. The van der Waals surface area contributed by atoms with Gasteiger partial charge in [0.05, 0.1) is 0 Å². The predicted octanol–water partition coefficient (Wildman–Crippen LogP) is 1.05. The van der Waals surface area contributed by atoms with Gasteiger partial charge in [0.1, 0.15) is 6.04 Å². The number of unbranched alkanes of at least 4 members (excludes halogenated alkanes) is 1. The minimum Gasteiger partial charge on any atom is -0.336 e. The fourth-order valence-corrected chi connectivity index (χ4v) is 2.29. The number of benzene rings is 1. The zero-order valence-electron chi connectivity index (χ0n) is 11.7. The molecule has 1 aromatic rings. The van der Waals surface area contributed by atoms with Crippen molar-refractivity contribution < 1.29 is 14.4 Å². The first-order chi connectivity index (χ1) is 10.1. The molecule has 1 fully saturated rings. The van der Waals surface area contributed by atoms with Crippen LogP contribution in [0.1, 0.15) is 18.4 Å². The summed E-state index contributed by atoms with van der Waals surface area (Å²) in [5.74, 6) is -1.82. The van der Waals surface area contributed by atoms with E-state index in [4.69, 9.17) is 0 Å². The monoisotopic (exact) mass is 286 g/mol. The molecule has 1 aromatic carbocycles. The van der Waals surface area contributed by atoms with Crippen molar-refractivity contribution in [2.75, 3.05) is 6.54 Å². The number of piperazine rings is 1. The van der Waals surface area contributed by atoms with Gasteiger partial charge in [-0.1, -0.05) is 36.4 Å². The number of rotatable bonds is 6. The van der Waals surface area contributed by atoms with Gasteiger partial charge in [0, 0.05) is 13.0 Å². The Bertz CT molecular complexity index is 554. The summed E-state index contributed by atoms with van der Waals surface area (Å²) in [4.78, 5) is 36.9. The SMILES string of the molecule is C=CCCCN1C(=O)C(=O)N[C@@H](Cc2ccccc2)C1=O. The molecule has 0 aromatic heterocycles. The zero-order chi connectivity index (χ0) is 15.2. The van der Waals surface area contributed by atoms with Crippen LogP contribution in [0.25, 0.3) is 0 Å². The van der Waals surface area contributed by atoms with Crippen LogP contribution < -0.4 is 5.32 Å². The van der Waals surface area contributed by atoms with Crippen LogP contribution in [0, 0.1) is 0 Å². The molecular weight excluding hydrogens is 268 g/mol. The smallest absolute Gasteiger partial charge is 0.318 e. The Morgan fingerprint density at radius 3 is 2.57 bits per heavy atom. The van der Waals surface area contributed by atoms with E-state index in [-0.39, 0.29) is 12.5 Å². The molecule has 0 radical (unpaired) electrons. The molecule has 0 saturated carbocycles. The van der Waals surface area contributed by atoms with Crippen LogP contribution in [0.3, 0.4) is 0 Å². The Hall–Kier alpha value is -2.43. The highest BCUT2D eigenvalue weighted by molar-refractivity contribution is 6.40. The molecule has 0 spiro atoms. The first-order valence-electron chi connectivity index (χ1n) is 6.94. The highest BCUT2D eigenvalue weighted by atomic mass is 16.2. The Morgan fingerprint density at radius 1 is 1.19 bits per heavy atom. The molecule has 1 aliphatic heterocycles. The number of amides is 3. The molecule has 3 amide bonds. The van der Waals surface area contributed by atoms with Crippen molar-refractivity contribution in [3.63, 3.8) is 0 Å². The molecule has 1 atom stereocenters. The standard InChI is InChI=1S/C16H18N2O3/c1-2-3-7-10-18-15(20)13(17-14(19)16(18)21)11-12-8-5-4-6-9-12/h2,4-6,8-9,13H,1,3,7,10-11H2,(H,17,19)/t13-/m0/s1. The van der Waals surface area contributed by atoms with Gasteiger partial charge < -0.3 is 5.32 Å². The Labute approximate surface area is 123 Å². The van der Waals surface area contributed by atoms with Crippen molar-refractivity contribution in [1.29, 1.82) is 0 Å². The summed E-state index contributed by atoms with van der Waals surface area (Å²) >= 11 is 0. The molecule has 0 aliphatic carbocycles. The average Bonchev–Trinajstić information content (AvgIpc) is 2.49. The Morgan fingerprint density at radius 2 is 1.90 bits per heavy atom. The van der Waals surface area contributed by atoms with Crippen molar-refractivity contribution in [2.45, 2.75) is 25.3 Å². The Kier molecular flexibility index (Phi) is 4.87. The van der Waals surface area contributed by atoms with Crippen LogP contribution >= 0.6 is 0 Å².